The molecule has 0 radical (unpaired) electrons. The van der Waals surface area contributed by atoms with Gasteiger partial charge in [-0.25, -0.2) is 15.0 Å². The molecule has 1 N–H and O–H groups in total. The Morgan fingerprint density at radius 3 is 2.94 bits per heavy atom. The van der Waals surface area contributed by atoms with Crippen molar-refractivity contribution in [1.82, 2.24) is 19.5 Å². The molecule has 0 bridgehead atoms. The van der Waals surface area contributed by atoms with Crippen molar-refractivity contribution in [2.45, 2.75) is 45.1 Å². The van der Waals surface area contributed by atoms with Crippen molar-refractivity contribution in [3.63, 3.8) is 0 Å². The summed E-state index contributed by atoms with van der Waals surface area (Å²) in [7, 11) is 0. The third-order valence-electron chi connectivity index (χ3n) is 3.24. The maximum absolute atomic E-state index is 9.20. The minimum Gasteiger partial charge on any atom is -0.396 e. The Balaban J connectivity index is 2.18. The van der Waals surface area contributed by atoms with E-state index in [9.17, 15) is 5.11 Å². The molecule has 0 amide bonds. The molecule has 0 saturated heterocycles. The average molecular weight is 248 g/mol. The predicted octanol–water partition coefficient (Wildman–Crippen LogP) is 2.33. The molecule has 5 nitrogen and oxygen atoms in total. The minimum atomic E-state index is 0.196. The van der Waals surface area contributed by atoms with E-state index in [0.29, 0.717) is 0 Å². The van der Waals surface area contributed by atoms with Crippen LogP contribution in [0.4, 0.5) is 0 Å². The fraction of sp³-hybridized carbons (Fsp3) is 0.615. The normalized spacial score (nSPS) is 13.0. The summed E-state index contributed by atoms with van der Waals surface area (Å²) in [4.78, 5) is 12.6. The van der Waals surface area contributed by atoms with Gasteiger partial charge in [-0.3, -0.25) is 0 Å². The summed E-state index contributed by atoms with van der Waals surface area (Å²) >= 11 is 0. The Bertz CT molecular complexity index is 483. The smallest absolute Gasteiger partial charge is 0.163 e. The van der Waals surface area contributed by atoms with Gasteiger partial charge in [-0.2, -0.15) is 0 Å². The standard InChI is InChI=1S/C13H20N4O/c1-2-3-4-5-11(6-7-18)17-10-16-12-8-14-9-15-13(12)17/h8-11,18H,2-7H2,1H3. The monoisotopic (exact) mass is 248 g/mol. The Kier molecular flexibility index (Phi) is 4.64. The summed E-state index contributed by atoms with van der Waals surface area (Å²) in [6.45, 7) is 2.39. The van der Waals surface area contributed by atoms with Crippen molar-refractivity contribution >= 4 is 11.2 Å². The van der Waals surface area contributed by atoms with Gasteiger partial charge >= 0.3 is 0 Å². The molecule has 2 aromatic heterocycles. The fourth-order valence-electron chi connectivity index (χ4n) is 2.25. The van der Waals surface area contributed by atoms with Gasteiger partial charge in [0, 0.05) is 12.6 Å². The van der Waals surface area contributed by atoms with Gasteiger partial charge in [0.15, 0.2) is 5.65 Å². The lowest BCUT2D eigenvalue weighted by Gasteiger charge is -2.17. The highest BCUT2D eigenvalue weighted by Crippen LogP contribution is 2.23. The summed E-state index contributed by atoms with van der Waals surface area (Å²) in [6.07, 6.45) is 10.5. The first-order chi connectivity index (χ1) is 8.86. The molecule has 1 atom stereocenters. The Labute approximate surface area is 107 Å². The van der Waals surface area contributed by atoms with Crippen LogP contribution in [0.1, 0.15) is 45.1 Å². The van der Waals surface area contributed by atoms with Gasteiger partial charge in [0.1, 0.15) is 11.8 Å². The lowest BCUT2D eigenvalue weighted by atomic mass is 10.1. The van der Waals surface area contributed by atoms with Crippen LogP contribution in [0.3, 0.4) is 0 Å². The number of nitrogens with zero attached hydrogens (tertiary/aromatic N) is 4. The molecule has 0 spiro atoms. The average Bonchev–Trinajstić information content (AvgIpc) is 2.82. The number of aliphatic hydroxyl groups excluding tert-OH is 1. The Morgan fingerprint density at radius 2 is 2.17 bits per heavy atom. The van der Waals surface area contributed by atoms with Crippen LogP contribution >= 0.6 is 0 Å². The second-order valence-corrected chi connectivity index (χ2v) is 4.55. The highest BCUT2D eigenvalue weighted by atomic mass is 16.3. The van der Waals surface area contributed by atoms with Gasteiger partial charge in [0.25, 0.3) is 0 Å². The van der Waals surface area contributed by atoms with Gasteiger partial charge < -0.3 is 9.67 Å². The van der Waals surface area contributed by atoms with Crippen LogP contribution in [0.5, 0.6) is 0 Å². The van der Waals surface area contributed by atoms with E-state index in [0.717, 1.165) is 24.0 Å². The van der Waals surface area contributed by atoms with Crippen LogP contribution in [-0.2, 0) is 0 Å². The van der Waals surface area contributed by atoms with Crippen molar-refractivity contribution in [2.24, 2.45) is 0 Å². The molecule has 2 aromatic rings. The first-order valence-corrected chi connectivity index (χ1v) is 6.60. The number of hydrogen-bond acceptors (Lipinski definition) is 4. The minimum absolute atomic E-state index is 0.196. The molecular formula is C13H20N4O. The first kappa shape index (κ1) is 13.0. The molecule has 0 aliphatic rings. The van der Waals surface area contributed by atoms with Crippen molar-refractivity contribution in [2.75, 3.05) is 6.61 Å². The van der Waals surface area contributed by atoms with E-state index in [1.165, 1.54) is 19.3 Å². The van der Waals surface area contributed by atoms with E-state index in [2.05, 4.69) is 26.4 Å². The summed E-state index contributed by atoms with van der Waals surface area (Å²) < 4.78 is 2.07. The summed E-state index contributed by atoms with van der Waals surface area (Å²) in [5.74, 6) is 0. The van der Waals surface area contributed by atoms with E-state index in [1.807, 2.05) is 6.33 Å². The largest absolute Gasteiger partial charge is 0.396 e. The molecule has 1 unspecified atom stereocenters. The zero-order chi connectivity index (χ0) is 12.8. The molecule has 2 rings (SSSR count). The van der Waals surface area contributed by atoms with E-state index < -0.39 is 0 Å². The number of hydrogen-bond donors (Lipinski definition) is 1. The van der Waals surface area contributed by atoms with Gasteiger partial charge in [-0.15, -0.1) is 0 Å². The third kappa shape index (κ3) is 2.85. The van der Waals surface area contributed by atoms with Gasteiger partial charge in [0.05, 0.1) is 12.5 Å². The van der Waals surface area contributed by atoms with E-state index in [-0.39, 0.29) is 12.6 Å². The van der Waals surface area contributed by atoms with Crippen LogP contribution in [-0.4, -0.2) is 31.2 Å². The van der Waals surface area contributed by atoms with Crippen LogP contribution in [0, 0.1) is 0 Å². The maximum atomic E-state index is 9.20. The number of rotatable bonds is 7. The third-order valence-corrected chi connectivity index (χ3v) is 3.24. The highest BCUT2D eigenvalue weighted by Gasteiger charge is 2.14. The molecule has 0 aliphatic carbocycles. The second kappa shape index (κ2) is 6.44. The van der Waals surface area contributed by atoms with Crippen molar-refractivity contribution in [1.29, 1.82) is 0 Å². The van der Waals surface area contributed by atoms with Crippen LogP contribution in [0.2, 0.25) is 0 Å². The topological polar surface area (TPSA) is 63.8 Å². The lowest BCUT2D eigenvalue weighted by molar-refractivity contribution is 0.251. The molecule has 18 heavy (non-hydrogen) atoms. The lowest BCUT2D eigenvalue weighted by Crippen LogP contribution is -2.10. The molecule has 0 aliphatic heterocycles. The molecule has 98 valence electrons. The zero-order valence-corrected chi connectivity index (χ0v) is 10.8. The highest BCUT2D eigenvalue weighted by molar-refractivity contribution is 5.68. The van der Waals surface area contributed by atoms with Crippen LogP contribution in [0.25, 0.3) is 11.2 Å². The Hall–Kier alpha value is -1.49. The van der Waals surface area contributed by atoms with Crippen LogP contribution in [0.15, 0.2) is 18.9 Å². The molecule has 5 heteroatoms. The zero-order valence-electron chi connectivity index (χ0n) is 10.8. The number of imidazole rings is 1. The van der Waals surface area contributed by atoms with Crippen molar-refractivity contribution in [3.8, 4) is 0 Å². The SMILES string of the molecule is CCCCCC(CCO)n1cnc2cncnc21. The Morgan fingerprint density at radius 1 is 1.28 bits per heavy atom. The van der Waals surface area contributed by atoms with Gasteiger partial charge in [0.2, 0.25) is 0 Å². The maximum Gasteiger partial charge on any atom is 0.163 e. The fourth-order valence-corrected chi connectivity index (χ4v) is 2.25. The van der Waals surface area contributed by atoms with Crippen molar-refractivity contribution < 1.29 is 5.11 Å². The van der Waals surface area contributed by atoms with Crippen LogP contribution < -0.4 is 0 Å². The first-order valence-electron chi connectivity index (χ1n) is 6.60. The summed E-state index contributed by atoms with van der Waals surface area (Å²) in [6, 6.07) is 0.279. The molecule has 0 aromatic carbocycles. The summed E-state index contributed by atoms with van der Waals surface area (Å²) in [5, 5.41) is 9.20. The van der Waals surface area contributed by atoms with E-state index in [1.54, 1.807) is 12.5 Å². The summed E-state index contributed by atoms with van der Waals surface area (Å²) in [5.41, 5.74) is 1.68. The molecule has 0 saturated carbocycles. The quantitative estimate of drug-likeness (QED) is 0.764. The number of fused-ring (bicyclic) bond motifs is 1. The van der Waals surface area contributed by atoms with Gasteiger partial charge in [-0.1, -0.05) is 26.2 Å². The number of aromatic nitrogens is 4. The van der Waals surface area contributed by atoms with Gasteiger partial charge in [-0.05, 0) is 12.8 Å². The molecule has 2 heterocycles. The van der Waals surface area contributed by atoms with E-state index >= 15 is 0 Å². The number of unbranched alkanes of at least 4 members (excludes halogenated alkanes) is 2. The predicted molar refractivity (Wildman–Crippen MR) is 70.2 cm³/mol. The molecular weight excluding hydrogens is 228 g/mol. The molecule has 0 fully saturated rings. The second-order valence-electron chi connectivity index (χ2n) is 4.55. The number of aliphatic hydroxyl groups is 1. The van der Waals surface area contributed by atoms with E-state index in [4.69, 9.17) is 0 Å². The van der Waals surface area contributed by atoms with Crippen molar-refractivity contribution in [3.05, 3.63) is 18.9 Å².